The van der Waals surface area contributed by atoms with Gasteiger partial charge in [0, 0.05) is 28.4 Å². The summed E-state index contributed by atoms with van der Waals surface area (Å²) in [5.41, 5.74) is 25.3. The van der Waals surface area contributed by atoms with E-state index in [1.165, 1.54) is 147 Å². The Morgan fingerprint density at radius 1 is 0.544 bits per heavy atom. The zero-order valence-corrected chi connectivity index (χ0v) is 44.9. The van der Waals surface area contributed by atoms with Crippen LogP contribution < -0.4 is 20.7 Å². The molecule has 0 amide bonds. The Kier molecular flexibility index (Phi) is 10.2. The monoisotopic (exact) mass is 905 g/mol. The number of benzene rings is 4. The van der Waals surface area contributed by atoms with E-state index in [4.69, 9.17) is 4.74 Å². The van der Waals surface area contributed by atoms with Crippen molar-refractivity contribution in [2.75, 3.05) is 9.80 Å². The van der Waals surface area contributed by atoms with E-state index in [1.807, 2.05) is 0 Å². The van der Waals surface area contributed by atoms with Crippen LogP contribution in [-0.2, 0) is 26.4 Å². The lowest BCUT2D eigenvalue weighted by Gasteiger charge is -2.48. The average Bonchev–Trinajstić information content (AvgIpc) is 3.64. The number of nitrogens with zero attached hydrogens (tertiary/aromatic N) is 2. The molecule has 2 fully saturated rings. The first kappa shape index (κ1) is 46.0. The largest absolute Gasteiger partial charge is 0.497 e. The van der Waals surface area contributed by atoms with Crippen molar-refractivity contribution in [3.05, 3.63) is 134 Å². The number of rotatable bonds is 3. The number of anilines is 5. The number of hydrogen-bond acceptors (Lipinski definition) is 3. The molecule has 2 atom stereocenters. The van der Waals surface area contributed by atoms with Crippen molar-refractivity contribution in [3.63, 3.8) is 0 Å². The zero-order valence-electron chi connectivity index (χ0n) is 44.9. The molecule has 0 spiro atoms. The summed E-state index contributed by atoms with van der Waals surface area (Å²) in [6.07, 6.45) is 16.5. The third-order valence-electron chi connectivity index (χ3n) is 18.7. The van der Waals surface area contributed by atoms with Crippen LogP contribution >= 0.6 is 0 Å². The highest BCUT2D eigenvalue weighted by Crippen LogP contribution is 2.59. The molecule has 11 rings (SSSR count). The summed E-state index contributed by atoms with van der Waals surface area (Å²) in [5, 5.41) is 0. The van der Waals surface area contributed by atoms with E-state index in [0.717, 1.165) is 5.66 Å². The van der Waals surface area contributed by atoms with Gasteiger partial charge in [0.05, 0.1) is 17.3 Å². The van der Waals surface area contributed by atoms with Gasteiger partial charge in [-0.2, -0.15) is 0 Å². The summed E-state index contributed by atoms with van der Waals surface area (Å²) in [7, 11) is 0. The highest BCUT2D eigenvalue weighted by Gasteiger charge is 2.55. The quantitative estimate of drug-likeness (QED) is 0.191. The zero-order chi connectivity index (χ0) is 48.4. The lowest BCUT2D eigenvalue weighted by atomic mass is 9.35. The first-order valence-corrected chi connectivity index (χ1v) is 26.8. The lowest BCUT2D eigenvalue weighted by Crippen LogP contribution is -2.56. The standard InChI is InChI=1S/C64H81BN2O/c1-38-30-42(59(3,4)5)23-25-50(38)66-52-34-43(60(6,7)8)22-24-49(52)65-56-53(66)32-41(40-20-18-17-19-21-40)33-54(56)67(51-36-47-45(31-39(51)2)61(9,10)26-28-63(47,13)14)57-44-35-46-48(37-55(44)68-58(57)65)64(15,16)29-27-62(46,11)12/h22-25,30-37,40,44,55H,17-21,26-29H2,1-16H3. The summed E-state index contributed by atoms with van der Waals surface area (Å²) in [6, 6.07) is 25.4. The van der Waals surface area contributed by atoms with Gasteiger partial charge >= 0.3 is 0 Å². The molecule has 4 aromatic rings. The molecule has 0 aromatic heterocycles. The second-order valence-corrected chi connectivity index (χ2v) is 27.4. The minimum Gasteiger partial charge on any atom is -0.497 e. The topological polar surface area (TPSA) is 15.7 Å². The molecule has 3 nitrogen and oxygen atoms in total. The summed E-state index contributed by atoms with van der Waals surface area (Å²) in [4.78, 5) is 5.50. The highest BCUT2D eigenvalue weighted by atomic mass is 16.5. The van der Waals surface area contributed by atoms with E-state index >= 15 is 0 Å². The smallest absolute Gasteiger partial charge is 0.296 e. The van der Waals surface area contributed by atoms with E-state index in [-0.39, 0.29) is 51.2 Å². The van der Waals surface area contributed by atoms with E-state index < -0.39 is 0 Å². The third-order valence-corrected chi connectivity index (χ3v) is 18.7. The van der Waals surface area contributed by atoms with Gasteiger partial charge in [0.2, 0.25) is 0 Å². The van der Waals surface area contributed by atoms with Crippen LogP contribution in [0.15, 0.2) is 95.3 Å². The van der Waals surface area contributed by atoms with Crippen molar-refractivity contribution in [2.45, 2.75) is 202 Å². The van der Waals surface area contributed by atoms with Gasteiger partial charge in [-0.1, -0.05) is 153 Å². The molecule has 0 N–H and O–H groups in total. The van der Waals surface area contributed by atoms with Crippen LogP contribution in [0.25, 0.3) is 0 Å². The van der Waals surface area contributed by atoms with Crippen molar-refractivity contribution in [3.8, 4) is 0 Å². The van der Waals surface area contributed by atoms with Crippen LogP contribution in [0.1, 0.15) is 200 Å². The fourth-order valence-electron chi connectivity index (χ4n) is 13.9. The van der Waals surface area contributed by atoms with Crippen LogP contribution in [0.3, 0.4) is 0 Å². The second kappa shape index (κ2) is 15.0. The van der Waals surface area contributed by atoms with Gasteiger partial charge in [-0.05, 0) is 188 Å². The van der Waals surface area contributed by atoms with Crippen molar-refractivity contribution in [2.24, 2.45) is 16.7 Å². The van der Waals surface area contributed by atoms with Crippen molar-refractivity contribution in [1.29, 1.82) is 0 Å². The van der Waals surface area contributed by atoms with Gasteiger partial charge in [0.1, 0.15) is 6.10 Å². The summed E-state index contributed by atoms with van der Waals surface area (Å²) in [6.45, 7) is 38.7. The van der Waals surface area contributed by atoms with Crippen LogP contribution in [-0.4, -0.2) is 12.8 Å². The first-order valence-electron chi connectivity index (χ1n) is 26.8. The van der Waals surface area contributed by atoms with E-state index in [0.29, 0.717) is 5.92 Å². The molecule has 2 saturated carbocycles. The molecule has 7 aliphatic rings. The Balaban J connectivity index is 1.26. The maximum atomic E-state index is 7.82. The number of ether oxygens (including phenoxy) is 1. The highest BCUT2D eigenvalue weighted by molar-refractivity contribution is 6.94. The third kappa shape index (κ3) is 7.00. The molecule has 3 aliphatic heterocycles. The summed E-state index contributed by atoms with van der Waals surface area (Å²) >= 11 is 0. The van der Waals surface area contributed by atoms with E-state index in [9.17, 15) is 0 Å². The summed E-state index contributed by atoms with van der Waals surface area (Å²) in [5.74, 6) is 0.619. The van der Waals surface area contributed by atoms with E-state index in [1.54, 1.807) is 5.57 Å². The Morgan fingerprint density at radius 2 is 1.09 bits per heavy atom. The molecule has 356 valence electrons. The SMILES string of the molecule is Cc1cc2c(cc1N1C3=C(OC4C=C5C(=CC34)C(C)(C)CCC5(C)C)B3c4ccc(C(C)(C)C)cc4N(c4ccc(C(C)(C)C)cc4C)c4cc(C5CCCCC5)cc1c43)C(C)(C)CCC2(C)C. The molecule has 4 heteroatoms. The number of allylic oxidation sites excluding steroid dienone is 2. The van der Waals surface area contributed by atoms with E-state index in [2.05, 4.69) is 193 Å². The predicted molar refractivity (Wildman–Crippen MR) is 291 cm³/mol. The van der Waals surface area contributed by atoms with Crippen LogP contribution in [0, 0.1) is 30.6 Å². The Labute approximate surface area is 412 Å². The van der Waals surface area contributed by atoms with Crippen molar-refractivity contribution in [1.82, 2.24) is 0 Å². The van der Waals surface area contributed by atoms with Gasteiger partial charge in [0.15, 0.2) is 0 Å². The summed E-state index contributed by atoms with van der Waals surface area (Å²) < 4.78 is 7.82. The molecule has 4 aliphatic carbocycles. The van der Waals surface area contributed by atoms with Gasteiger partial charge < -0.3 is 14.5 Å². The minimum atomic E-state index is -0.0687. The molecule has 0 radical (unpaired) electrons. The van der Waals surface area contributed by atoms with Crippen molar-refractivity contribution < 1.29 is 4.74 Å². The lowest BCUT2D eigenvalue weighted by molar-refractivity contribution is 0.168. The van der Waals surface area contributed by atoms with Gasteiger partial charge in [-0.15, -0.1) is 0 Å². The normalized spacial score (nSPS) is 24.2. The van der Waals surface area contributed by atoms with Crippen molar-refractivity contribution >= 4 is 46.1 Å². The molecular weight excluding hydrogens is 824 g/mol. The Morgan fingerprint density at radius 3 is 1.71 bits per heavy atom. The maximum Gasteiger partial charge on any atom is 0.296 e. The Hall–Kier alpha value is -4.44. The Bertz CT molecular complexity index is 2880. The molecule has 4 aromatic carbocycles. The van der Waals surface area contributed by atoms with Gasteiger partial charge in [-0.25, -0.2) is 0 Å². The molecule has 68 heavy (non-hydrogen) atoms. The predicted octanol–water partition coefficient (Wildman–Crippen LogP) is 16.3. The van der Waals surface area contributed by atoms with Crippen LogP contribution in [0.4, 0.5) is 28.4 Å². The number of fused-ring (bicyclic) bond motifs is 7. The maximum absolute atomic E-state index is 7.82. The van der Waals surface area contributed by atoms with Crippen LogP contribution in [0.5, 0.6) is 0 Å². The average molecular weight is 905 g/mol. The fourth-order valence-corrected chi connectivity index (χ4v) is 13.9. The molecular formula is C64H81BN2O. The molecule has 0 saturated heterocycles. The first-order chi connectivity index (χ1) is 31.8. The second-order valence-electron chi connectivity index (χ2n) is 27.4. The molecule has 0 bridgehead atoms. The van der Waals surface area contributed by atoms with Crippen LogP contribution in [0.2, 0.25) is 0 Å². The number of aryl methyl sites for hydroxylation is 2. The fraction of sp³-hybridized carbons (Fsp3) is 0.531. The molecule has 3 heterocycles. The minimum absolute atomic E-state index is 0.0194. The van der Waals surface area contributed by atoms with Gasteiger partial charge in [-0.3, -0.25) is 0 Å². The van der Waals surface area contributed by atoms with Gasteiger partial charge in [0.25, 0.3) is 6.71 Å². The number of hydrogen-bond donors (Lipinski definition) is 0. The molecule has 2 unspecified atom stereocenters.